The molecule has 9 nitrogen and oxygen atoms in total. The first-order chi connectivity index (χ1) is 9.53. The average molecular weight is 309 g/mol. The Hall–Kier alpha value is -1.36. The van der Waals surface area contributed by atoms with Crippen molar-refractivity contribution in [3.8, 4) is 0 Å². The first kappa shape index (κ1) is 18.6. The van der Waals surface area contributed by atoms with Crippen LogP contribution in [0.4, 0.5) is 9.59 Å². The van der Waals surface area contributed by atoms with Crippen LogP contribution in [0.5, 0.6) is 0 Å². The maximum atomic E-state index is 11.3. The minimum absolute atomic E-state index is 0.229. The largest absolute Gasteiger partial charge is 0.500 e. The van der Waals surface area contributed by atoms with Gasteiger partial charge in [0.15, 0.2) is 0 Å². The van der Waals surface area contributed by atoms with Crippen LogP contribution in [0.25, 0.3) is 0 Å². The van der Waals surface area contributed by atoms with Gasteiger partial charge in [-0.25, -0.2) is 20.4 Å². The molecule has 0 saturated carbocycles. The molecule has 0 aromatic heterocycles. The predicted molar refractivity (Wildman–Crippen MR) is 72.9 cm³/mol. The van der Waals surface area contributed by atoms with Crippen LogP contribution >= 0.6 is 0 Å². The van der Waals surface area contributed by atoms with Crippen LogP contribution in [-0.2, 0) is 18.0 Å². The van der Waals surface area contributed by atoms with Crippen LogP contribution < -0.4 is 16.2 Å². The Bertz CT molecular complexity index is 292. The maximum Gasteiger partial charge on any atom is 0.500 e. The lowest BCUT2D eigenvalue weighted by Crippen LogP contribution is -2.48. The molecule has 0 saturated heterocycles. The van der Waals surface area contributed by atoms with Crippen LogP contribution in [0.1, 0.15) is 13.3 Å². The number of nitrogens with one attached hydrogen (secondary N) is 3. The average Bonchev–Trinajstić information content (AvgIpc) is 2.46. The van der Waals surface area contributed by atoms with E-state index in [2.05, 4.69) is 20.9 Å². The topological polar surface area (TPSA) is 107 Å². The molecule has 0 spiro atoms. The van der Waals surface area contributed by atoms with E-state index < -0.39 is 20.9 Å². The van der Waals surface area contributed by atoms with E-state index in [-0.39, 0.29) is 6.61 Å². The van der Waals surface area contributed by atoms with Gasteiger partial charge in [0, 0.05) is 33.9 Å². The number of amides is 3. The molecule has 0 aliphatic heterocycles. The number of carbonyl (C=O) groups excluding carboxylic acids is 2. The van der Waals surface area contributed by atoms with Gasteiger partial charge in [-0.3, -0.25) is 0 Å². The van der Waals surface area contributed by atoms with Gasteiger partial charge in [0.05, 0.1) is 6.61 Å². The van der Waals surface area contributed by atoms with Crippen molar-refractivity contribution in [2.24, 2.45) is 0 Å². The van der Waals surface area contributed by atoms with Crippen molar-refractivity contribution in [3.05, 3.63) is 0 Å². The lowest BCUT2D eigenvalue weighted by molar-refractivity contribution is 0.123. The number of hydrogen-bond donors (Lipinski definition) is 3. The monoisotopic (exact) mass is 309 g/mol. The van der Waals surface area contributed by atoms with Gasteiger partial charge >= 0.3 is 20.9 Å². The molecular formula is C10H23N3O6Si. The van der Waals surface area contributed by atoms with Gasteiger partial charge in [0.2, 0.25) is 0 Å². The van der Waals surface area contributed by atoms with Gasteiger partial charge < -0.3 is 23.3 Å². The van der Waals surface area contributed by atoms with Crippen molar-refractivity contribution < 1.29 is 27.6 Å². The summed E-state index contributed by atoms with van der Waals surface area (Å²) in [6, 6.07) is 0.0415. The van der Waals surface area contributed by atoms with E-state index in [1.807, 2.05) is 0 Å². The molecule has 3 amide bonds. The van der Waals surface area contributed by atoms with E-state index in [4.69, 9.17) is 13.3 Å². The fraction of sp³-hybridized carbons (Fsp3) is 0.800. The molecule has 0 radical (unpaired) electrons. The number of hydrogen-bond acceptors (Lipinski definition) is 6. The summed E-state index contributed by atoms with van der Waals surface area (Å²) in [7, 11) is 1.99. The molecule has 0 unspecified atom stereocenters. The molecule has 0 aromatic rings. The number of rotatable bonds is 8. The van der Waals surface area contributed by atoms with Crippen molar-refractivity contribution in [2.75, 3.05) is 34.5 Å². The Morgan fingerprint density at radius 2 is 1.65 bits per heavy atom. The van der Waals surface area contributed by atoms with E-state index in [0.29, 0.717) is 19.0 Å². The summed E-state index contributed by atoms with van der Waals surface area (Å²) >= 11 is 0. The molecule has 20 heavy (non-hydrogen) atoms. The number of carbonyl (C=O) groups is 2. The summed E-state index contributed by atoms with van der Waals surface area (Å²) < 4.78 is 20.3. The smallest absolute Gasteiger partial charge is 0.449 e. The summed E-state index contributed by atoms with van der Waals surface area (Å²) in [6.45, 7) is 2.28. The maximum absolute atomic E-state index is 11.3. The quantitative estimate of drug-likeness (QED) is 0.336. The molecule has 0 rings (SSSR count). The zero-order valence-corrected chi connectivity index (χ0v) is 13.3. The predicted octanol–water partition coefficient (Wildman–Crippen LogP) is 0.215. The summed E-state index contributed by atoms with van der Waals surface area (Å²) in [5, 5.41) is 2.56. The number of hydrazine groups is 1. The second-order valence-corrected chi connectivity index (χ2v) is 6.72. The normalized spacial score (nSPS) is 10.8. The summed E-state index contributed by atoms with van der Waals surface area (Å²) in [4.78, 5) is 22.2. The lowest BCUT2D eigenvalue weighted by Gasteiger charge is -2.24. The third-order valence-corrected chi connectivity index (χ3v) is 5.26. The zero-order chi connectivity index (χ0) is 15.4. The Balaban J connectivity index is 3.78. The zero-order valence-electron chi connectivity index (χ0n) is 12.3. The number of urea groups is 1. The molecule has 0 fully saturated rings. The molecule has 0 heterocycles. The van der Waals surface area contributed by atoms with Gasteiger partial charge in [-0.15, -0.1) is 0 Å². The fourth-order valence-electron chi connectivity index (χ4n) is 1.38. The van der Waals surface area contributed by atoms with Crippen molar-refractivity contribution in [1.29, 1.82) is 0 Å². The third kappa shape index (κ3) is 7.28. The standard InChI is InChI=1S/C10H23N3O6Si/c1-5-19-10(15)13-12-9(14)11-7-6-8-20(16-2,17-3)18-4/h5-8H2,1-4H3,(H,13,15)(H2,11,12,14). The van der Waals surface area contributed by atoms with Crippen molar-refractivity contribution in [2.45, 2.75) is 19.4 Å². The second kappa shape index (κ2) is 10.4. The highest BCUT2D eigenvalue weighted by atomic mass is 28.4. The summed E-state index contributed by atoms with van der Waals surface area (Å²) in [6.07, 6.45) is -0.0959. The SMILES string of the molecule is CCOC(=O)NNC(=O)NCCC[Si](OC)(OC)OC. The first-order valence-corrected chi connectivity index (χ1v) is 8.08. The highest BCUT2D eigenvalue weighted by molar-refractivity contribution is 6.60. The lowest BCUT2D eigenvalue weighted by atomic mass is 10.5. The summed E-state index contributed by atoms with van der Waals surface area (Å²) in [5.41, 5.74) is 4.24. The van der Waals surface area contributed by atoms with Gasteiger partial charge in [-0.05, 0) is 13.3 Å². The van der Waals surface area contributed by atoms with Crippen molar-refractivity contribution in [1.82, 2.24) is 16.2 Å². The molecular weight excluding hydrogens is 286 g/mol. The van der Waals surface area contributed by atoms with E-state index in [9.17, 15) is 9.59 Å². The van der Waals surface area contributed by atoms with Crippen LogP contribution in [0, 0.1) is 0 Å². The molecule has 0 bridgehead atoms. The molecule has 10 heteroatoms. The number of ether oxygens (including phenoxy) is 1. The van der Waals surface area contributed by atoms with Crippen molar-refractivity contribution in [3.63, 3.8) is 0 Å². The highest BCUT2D eigenvalue weighted by Gasteiger charge is 2.36. The molecule has 0 aliphatic rings. The van der Waals surface area contributed by atoms with Gasteiger partial charge in [-0.1, -0.05) is 0 Å². The van der Waals surface area contributed by atoms with E-state index in [1.165, 1.54) is 21.3 Å². The Kier molecular flexibility index (Phi) is 9.72. The highest BCUT2D eigenvalue weighted by Crippen LogP contribution is 2.14. The second-order valence-electron chi connectivity index (χ2n) is 3.63. The first-order valence-electron chi connectivity index (χ1n) is 6.15. The Morgan fingerprint density at radius 1 is 1.05 bits per heavy atom. The minimum atomic E-state index is -2.60. The molecule has 0 aliphatic carbocycles. The Morgan fingerprint density at radius 3 is 2.15 bits per heavy atom. The van der Waals surface area contributed by atoms with Crippen LogP contribution in [0.2, 0.25) is 6.04 Å². The molecule has 0 aromatic carbocycles. The molecule has 0 atom stereocenters. The van der Waals surface area contributed by atoms with Crippen LogP contribution in [0.3, 0.4) is 0 Å². The van der Waals surface area contributed by atoms with Gasteiger partial charge in [-0.2, -0.15) is 0 Å². The Labute approximate surface area is 119 Å². The molecule has 118 valence electrons. The van der Waals surface area contributed by atoms with Gasteiger partial charge in [0.25, 0.3) is 0 Å². The van der Waals surface area contributed by atoms with Crippen molar-refractivity contribution >= 4 is 20.9 Å². The minimum Gasteiger partial charge on any atom is -0.449 e. The summed E-state index contributed by atoms with van der Waals surface area (Å²) in [5.74, 6) is 0. The van der Waals surface area contributed by atoms with E-state index in [1.54, 1.807) is 6.92 Å². The molecule has 3 N–H and O–H groups in total. The third-order valence-electron chi connectivity index (χ3n) is 2.43. The van der Waals surface area contributed by atoms with E-state index >= 15 is 0 Å². The van der Waals surface area contributed by atoms with E-state index in [0.717, 1.165) is 0 Å². The van der Waals surface area contributed by atoms with Crippen LogP contribution in [-0.4, -0.2) is 55.4 Å². The van der Waals surface area contributed by atoms with Gasteiger partial charge in [0.1, 0.15) is 0 Å². The fourth-order valence-corrected chi connectivity index (χ4v) is 3.10. The van der Waals surface area contributed by atoms with Crippen LogP contribution in [0.15, 0.2) is 0 Å².